The number of carboxylic acid groups (broad SMARTS) is 1. The summed E-state index contributed by atoms with van der Waals surface area (Å²) in [6.07, 6.45) is 2.35. The number of carbonyl (C=O) groups excluding carboxylic acids is 3. The molecule has 0 bridgehead atoms. The van der Waals surface area contributed by atoms with E-state index in [4.69, 9.17) is 9.47 Å². The number of likely N-dealkylation sites (tertiary alicyclic amines) is 2. The number of quaternary nitrogens is 1. The molecule has 2 fully saturated rings. The van der Waals surface area contributed by atoms with Gasteiger partial charge in [0.15, 0.2) is 11.5 Å². The normalized spacial score (nSPS) is 21.5. The molecule has 3 unspecified atom stereocenters. The summed E-state index contributed by atoms with van der Waals surface area (Å²) in [5, 5.41) is 10.6. The van der Waals surface area contributed by atoms with Crippen LogP contribution in [0, 0.1) is 5.92 Å². The van der Waals surface area contributed by atoms with Crippen LogP contribution in [0.1, 0.15) is 56.1 Å². The molecule has 11 nitrogen and oxygen atoms in total. The van der Waals surface area contributed by atoms with E-state index in [1.165, 1.54) is 4.90 Å². The van der Waals surface area contributed by atoms with Crippen LogP contribution >= 0.6 is 0 Å². The number of carbonyl (C=O) groups is 4. The lowest BCUT2D eigenvalue weighted by atomic mass is 9.84. The Balaban J connectivity index is 1.44. The van der Waals surface area contributed by atoms with Crippen molar-refractivity contribution in [1.82, 2.24) is 9.80 Å². The number of amides is 3. The van der Waals surface area contributed by atoms with Gasteiger partial charge in [0.25, 0.3) is 0 Å². The van der Waals surface area contributed by atoms with E-state index in [0.29, 0.717) is 24.6 Å². The van der Waals surface area contributed by atoms with Crippen molar-refractivity contribution in [3.63, 3.8) is 0 Å². The average molecular weight is 622 g/mol. The first kappa shape index (κ1) is 32.4. The Morgan fingerprint density at radius 3 is 2.44 bits per heavy atom. The molecule has 3 aliphatic rings. The first-order valence-electron chi connectivity index (χ1n) is 15.8. The third-order valence-electron chi connectivity index (χ3n) is 8.92. The molecule has 0 aliphatic carbocycles. The summed E-state index contributed by atoms with van der Waals surface area (Å²) >= 11 is 0. The van der Waals surface area contributed by atoms with Crippen LogP contribution in [0.3, 0.4) is 0 Å². The lowest BCUT2D eigenvalue weighted by Crippen LogP contribution is -2.46. The summed E-state index contributed by atoms with van der Waals surface area (Å²) in [6, 6.07) is 13.0. The van der Waals surface area contributed by atoms with Crippen LogP contribution in [-0.2, 0) is 25.7 Å². The molecule has 0 saturated carbocycles. The fourth-order valence-electron chi connectivity index (χ4n) is 6.81. The van der Waals surface area contributed by atoms with E-state index in [9.17, 15) is 24.3 Å². The number of fused-ring (bicyclic) bond motifs is 1. The van der Waals surface area contributed by atoms with Gasteiger partial charge in [-0.1, -0.05) is 31.5 Å². The number of aliphatic carboxylic acids is 1. The molecule has 1 N–H and O–H groups in total. The molecule has 3 atom stereocenters. The minimum atomic E-state index is -0.979. The van der Waals surface area contributed by atoms with E-state index in [1.54, 1.807) is 6.07 Å². The monoisotopic (exact) mass is 621 g/mol. The highest BCUT2D eigenvalue weighted by atomic mass is 16.7. The fourth-order valence-corrected chi connectivity index (χ4v) is 6.81. The van der Waals surface area contributed by atoms with Gasteiger partial charge >= 0.3 is 5.97 Å². The standard InChI is InChI=1S/C34H44N4O7/c1-5-6-15-36(25-9-7-8-23(17-25)21-38(2,3)4)32(41)20-35-19-26(24-10-11-28-29(18-24)45-22-44-28)33(34(42)43)27(35)14-16-37-30(39)12-13-31(37)40/h7-11,17-18,26-27,33H,5-6,12-16,19-22H2,1-4H3/p+1. The molecule has 2 aromatic rings. The minimum absolute atomic E-state index is 0.0146. The molecule has 5 rings (SSSR count). The zero-order valence-corrected chi connectivity index (χ0v) is 26.7. The Labute approximate surface area is 264 Å². The van der Waals surface area contributed by atoms with Crippen molar-refractivity contribution in [2.45, 2.75) is 57.5 Å². The summed E-state index contributed by atoms with van der Waals surface area (Å²) in [5.41, 5.74) is 2.74. The maximum absolute atomic E-state index is 14.2. The number of nitrogens with zero attached hydrogens (tertiary/aromatic N) is 4. The van der Waals surface area contributed by atoms with Crippen LogP contribution in [0.25, 0.3) is 0 Å². The quantitative estimate of drug-likeness (QED) is 0.267. The summed E-state index contributed by atoms with van der Waals surface area (Å²) in [5.74, 6) is -1.68. The molecular formula is C34H45N4O7+. The van der Waals surface area contributed by atoms with Crippen LogP contribution in [0.4, 0.5) is 5.69 Å². The summed E-state index contributed by atoms with van der Waals surface area (Å²) in [6.45, 7) is 4.02. The van der Waals surface area contributed by atoms with Gasteiger partial charge in [-0.15, -0.1) is 0 Å². The predicted octanol–water partition coefficient (Wildman–Crippen LogP) is 3.46. The maximum Gasteiger partial charge on any atom is 0.308 e. The van der Waals surface area contributed by atoms with Gasteiger partial charge in [0.1, 0.15) is 6.54 Å². The third kappa shape index (κ3) is 7.48. The minimum Gasteiger partial charge on any atom is -0.481 e. The Morgan fingerprint density at radius 2 is 1.76 bits per heavy atom. The zero-order valence-electron chi connectivity index (χ0n) is 26.7. The second-order valence-corrected chi connectivity index (χ2v) is 13.3. The Morgan fingerprint density at radius 1 is 1.02 bits per heavy atom. The Hall–Kier alpha value is -3.96. The van der Waals surface area contributed by atoms with Gasteiger partial charge in [0.05, 0.1) is 33.6 Å². The number of benzene rings is 2. The molecule has 11 heteroatoms. The number of imide groups is 1. The SMILES string of the molecule is CCCCN(C(=O)CN1CC(c2ccc3c(c2)OCO3)C(C(=O)O)C1CCN1C(=O)CCC1=O)c1cccc(C[N+](C)(C)C)c1. The van der Waals surface area contributed by atoms with Crippen LogP contribution in [-0.4, -0.2) is 103 Å². The second kappa shape index (κ2) is 13.6. The van der Waals surface area contributed by atoms with Crippen molar-refractivity contribution in [3.8, 4) is 11.5 Å². The first-order chi connectivity index (χ1) is 21.4. The molecule has 0 radical (unpaired) electrons. The molecule has 2 aromatic carbocycles. The van der Waals surface area contributed by atoms with Gasteiger partial charge in [-0.25, -0.2) is 0 Å². The number of anilines is 1. The molecule has 0 aromatic heterocycles. The summed E-state index contributed by atoms with van der Waals surface area (Å²) in [7, 11) is 6.37. The number of rotatable bonds is 13. The molecule has 3 aliphatic heterocycles. The molecule has 0 spiro atoms. The van der Waals surface area contributed by atoms with Gasteiger partial charge in [-0.2, -0.15) is 0 Å². The molecule has 242 valence electrons. The van der Waals surface area contributed by atoms with Crippen LogP contribution < -0.4 is 14.4 Å². The van der Waals surface area contributed by atoms with Crippen molar-refractivity contribution < 1.29 is 38.2 Å². The third-order valence-corrected chi connectivity index (χ3v) is 8.92. The molecule has 45 heavy (non-hydrogen) atoms. The molecule has 3 amide bonds. The predicted molar refractivity (Wildman–Crippen MR) is 168 cm³/mol. The smallest absolute Gasteiger partial charge is 0.308 e. The van der Waals surface area contributed by atoms with Gasteiger partial charge in [0, 0.05) is 55.7 Å². The van der Waals surface area contributed by atoms with Gasteiger partial charge in [-0.05, 0) is 42.7 Å². The number of hydrogen-bond acceptors (Lipinski definition) is 7. The van der Waals surface area contributed by atoms with E-state index < -0.39 is 23.8 Å². The van der Waals surface area contributed by atoms with Gasteiger partial charge < -0.3 is 24.0 Å². The largest absolute Gasteiger partial charge is 0.481 e. The van der Waals surface area contributed by atoms with Crippen molar-refractivity contribution >= 4 is 29.4 Å². The molecular weight excluding hydrogens is 576 g/mol. The summed E-state index contributed by atoms with van der Waals surface area (Å²) in [4.78, 5) is 56.9. The lowest BCUT2D eigenvalue weighted by molar-refractivity contribution is -0.884. The van der Waals surface area contributed by atoms with Crippen molar-refractivity contribution in [3.05, 3.63) is 53.6 Å². The van der Waals surface area contributed by atoms with Crippen LogP contribution in [0.5, 0.6) is 11.5 Å². The van der Waals surface area contributed by atoms with Gasteiger partial charge in [0.2, 0.25) is 24.5 Å². The summed E-state index contributed by atoms with van der Waals surface area (Å²) < 4.78 is 11.8. The van der Waals surface area contributed by atoms with Crippen LogP contribution in [0.15, 0.2) is 42.5 Å². The maximum atomic E-state index is 14.2. The van der Waals surface area contributed by atoms with Crippen LogP contribution in [0.2, 0.25) is 0 Å². The topological polar surface area (TPSA) is 117 Å². The van der Waals surface area contributed by atoms with E-state index >= 15 is 0 Å². The van der Waals surface area contributed by atoms with E-state index in [1.807, 2.05) is 34.1 Å². The van der Waals surface area contributed by atoms with E-state index in [2.05, 4.69) is 40.2 Å². The highest BCUT2D eigenvalue weighted by molar-refractivity contribution is 6.01. The average Bonchev–Trinajstić information content (AvgIpc) is 3.68. The molecule has 2 saturated heterocycles. The molecule has 3 heterocycles. The first-order valence-corrected chi connectivity index (χ1v) is 15.8. The van der Waals surface area contributed by atoms with E-state index in [-0.39, 0.29) is 56.9 Å². The highest BCUT2D eigenvalue weighted by Crippen LogP contribution is 2.43. The van der Waals surface area contributed by atoms with Crippen molar-refractivity contribution in [2.24, 2.45) is 5.92 Å². The lowest BCUT2D eigenvalue weighted by Gasteiger charge is -2.31. The van der Waals surface area contributed by atoms with E-state index in [0.717, 1.165) is 40.7 Å². The van der Waals surface area contributed by atoms with Gasteiger partial charge in [-0.3, -0.25) is 29.0 Å². The Bertz CT molecular complexity index is 1420. The zero-order chi connectivity index (χ0) is 32.3. The Kier molecular flexibility index (Phi) is 9.79. The second-order valence-electron chi connectivity index (χ2n) is 13.3. The highest BCUT2D eigenvalue weighted by Gasteiger charge is 2.48. The number of hydrogen-bond donors (Lipinski definition) is 1. The fraction of sp³-hybridized carbons (Fsp3) is 0.529. The number of unbranched alkanes of at least 4 members (excludes halogenated alkanes) is 1. The number of ether oxygens (including phenoxy) is 2. The van der Waals surface area contributed by atoms with Crippen molar-refractivity contribution in [1.29, 1.82) is 0 Å². The van der Waals surface area contributed by atoms with Crippen molar-refractivity contribution in [2.75, 3.05) is 59.0 Å². The number of carboxylic acids is 1.